The van der Waals surface area contributed by atoms with Gasteiger partial charge in [0.25, 0.3) is 0 Å². The van der Waals surface area contributed by atoms with Crippen molar-refractivity contribution in [3.8, 4) is 0 Å². The maximum Gasteiger partial charge on any atom is 0.336 e. The molecular formula is C14H26N6O9. The lowest BCUT2D eigenvalue weighted by Gasteiger charge is -2.18. The summed E-state index contributed by atoms with van der Waals surface area (Å²) >= 11 is 0. The summed E-state index contributed by atoms with van der Waals surface area (Å²) in [5.74, 6) is -5.92. The van der Waals surface area contributed by atoms with Gasteiger partial charge in [-0.05, 0) is 12.8 Å². The van der Waals surface area contributed by atoms with Crippen molar-refractivity contribution in [2.75, 3.05) is 13.6 Å². The highest BCUT2D eigenvalue weighted by Gasteiger charge is 2.40. The smallest absolute Gasteiger partial charge is 0.336 e. The van der Waals surface area contributed by atoms with E-state index in [1.807, 2.05) is 0 Å². The molecule has 0 aliphatic rings. The van der Waals surface area contributed by atoms with Gasteiger partial charge in [-0.25, -0.2) is 9.59 Å². The maximum absolute atomic E-state index is 10.8. The molecule has 0 aromatic carbocycles. The molecule has 0 aromatic heterocycles. The van der Waals surface area contributed by atoms with Crippen LogP contribution in [-0.2, 0) is 19.2 Å². The number of aliphatic imine (C=N–C) groups is 2. The fourth-order valence-corrected chi connectivity index (χ4v) is 1.72. The Morgan fingerprint density at radius 3 is 1.79 bits per heavy atom. The minimum absolute atomic E-state index is 0.00512. The third-order valence-electron chi connectivity index (χ3n) is 3.09. The number of aliphatic carboxylic acids is 4. The van der Waals surface area contributed by atoms with Crippen molar-refractivity contribution in [1.82, 2.24) is 5.32 Å². The van der Waals surface area contributed by atoms with Crippen molar-refractivity contribution in [3.63, 3.8) is 0 Å². The standard InChI is InChI=1S/C8H18N6O2.C6H8O7/c1-12-8(11)14-5(6(15)16)3-2-4-13-7(9)10;7-3(8)1-6(13,5(11)12)2-4(9)10/h5H,2-4H2,1H3,(H,15,16)(H4,9,10,13)(H3,11,12,14);13H,1-2H2,(H,7,8)(H,9,10)(H,11,12)/t5-;/m0./s1. The van der Waals surface area contributed by atoms with Crippen LogP contribution in [0.2, 0.25) is 0 Å². The molecule has 0 saturated carbocycles. The van der Waals surface area contributed by atoms with Gasteiger partial charge in [0.2, 0.25) is 0 Å². The number of aliphatic hydroxyl groups is 1. The second-order valence-electron chi connectivity index (χ2n) is 5.57. The minimum atomic E-state index is -2.74. The average molecular weight is 422 g/mol. The number of carboxylic acids is 4. The number of nitrogens with zero attached hydrogens (tertiary/aromatic N) is 2. The first-order chi connectivity index (χ1) is 13.2. The van der Waals surface area contributed by atoms with E-state index in [0.29, 0.717) is 19.4 Å². The largest absolute Gasteiger partial charge is 0.481 e. The van der Waals surface area contributed by atoms with Crippen molar-refractivity contribution in [2.45, 2.75) is 37.3 Å². The van der Waals surface area contributed by atoms with Gasteiger partial charge in [-0.2, -0.15) is 0 Å². The predicted molar refractivity (Wildman–Crippen MR) is 99.1 cm³/mol. The van der Waals surface area contributed by atoms with Gasteiger partial charge in [-0.15, -0.1) is 0 Å². The molecule has 0 aliphatic carbocycles. The monoisotopic (exact) mass is 422 g/mol. The van der Waals surface area contributed by atoms with Crippen LogP contribution in [-0.4, -0.2) is 86.6 Å². The first kappa shape index (κ1) is 27.6. The number of carbonyl (C=O) groups is 4. The van der Waals surface area contributed by atoms with Gasteiger partial charge >= 0.3 is 23.9 Å². The van der Waals surface area contributed by atoms with Crippen molar-refractivity contribution >= 4 is 35.8 Å². The molecule has 0 radical (unpaired) electrons. The third kappa shape index (κ3) is 14.1. The van der Waals surface area contributed by atoms with Gasteiger partial charge in [0.15, 0.2) is 17.5 Å². The van der Waals surface area contributed by atoms with Crippen molar-refractivity contribution < 1.29 is 44.7 Å². The molecule has 1 atom stereocenters. The van der Waals surface area contributed by atoms with Crippen LogP contribution >= 0.6 is 0 Å². The Hall–Kier alpha value is -3.62. The maximum atomic E-state index is 10.8. The normalized spacial score (nSPS) is 12.0. The molecule has 0 bridgehead atoms. The van der Waals surface area contributed by atoms with Crippen LogP contribution in [0.25, 0.3) is 0 Å². The van der Waals surface area contributed by atoms with Crippen LogP contribution in [0, 0.1) is 0 Å². The number of nitrogens with two attached hydrogens (primary N) is 3. The molecule has 12 N–H and O–H groups in total. The molecule has 0 heterocycles. The summed E-state index contributed by atoms with van der Waals surface area (Å²) in [5, 5.41) is 45.3. The number of nitrogens with one attached hydrogen (secondary N) is 1. The Morgan fingerprint density at radius 2 is 1.48 bits per heavy atom. The van der Waals surface area contributed by atoms with E-state index in [1.165, 1.54) is 7.05 Å². The van der Waals surface area contributed by atoms with Gasteiger partial charge in [0.1, 0.15) is 6.04 Å². The molecular weight excluding hydrogens is 396 g/mol. The molecule has 0 amide bonds. The van der Waals surface area contributed by atoms with E-state index in [9.17, 15) is 19.2 Å². The molecule has 29 heavy (non-hydrogen) atoms. The Bertz CT molecular complexity index is 629. The van der Waals surface area contributed by atoms with Crippen molar-refractivity contribution in [2.24, 2.45) is 27.2 Å². The Balaban J connectivity index is 0. The minimum Gasteiger partial charge on any atom is -0.481 e. The van der Waals surface area contributed by atoms with Gasteiger partial charge in [0, 0.05) is 13.6 Å². The highest BCUT2D eigenvalue weighted by atomic mass is 16.4. The van der Waals surface area contributed by atoms with Gasteiger partial charge in [-0.1, -0.05) is 0 Å². The third-order valence-corrected chi connectivity index (χ3v) is 3.09. The summed E-state index contributed by atoms with van der Waals surface area (Å²) < 4.78 is 0. The molecule has 166 valence electrons. The predicted octanol–water partition coefficient (Wildman–Crippen LogP) is -3.22. The molecule has 15 heteroatoms. The first-order valence-corrected chi connectivity index (χ1v) is 7.91. The average Bonchev–Trinajstić information content (AvgIpc) is 2.55. The Morgan fingerprint density at radius 1 is 1.00 bits per heavy atom. The molecule has 15 nitrogen and oxygen atoms in total. The Kier molecular flexibility index (Phi) is 12.9. The van der Waals surface area contributed by atoms with E-state index in [0.717, 1.165) is 0 Å². The lowest BCUT2D eigenvalue weighted by molar-refractivity contribution is -0.170. The summed E-state index contributed by atoms with van der Waals surface area (Å²) in [5.41, 5.74) is 12.9. The lowest BCUT2D eigenvalue weighted by Crippen LogP contribution is -2.44. The number of hydrogen-bond donors (Lipinski definition) is 9. The van der Waals surface area contributed by atoms with E-state index in [2.05, 4.69) is 15.3 Å². The molecule has 0 unspecified atom stereocenters. The van der Waals surface area contributed by atoms with Crippen molar-refractivity contribution in [3.05, 3.63) is 0 Å². The summed E-state index contributed by atoms with van der Waals surface area (Å²) in [4.78, 5) is 48.7. The first-order valence-electron chi connectivity index (χ1n) is 7.91. The number of hydrogen-bond acceptors (Lipinski definition) is 7. The summed E-state index contributed by atoms with van der Waals surface area (Å²) in [6.45, 7) is 0.386. The van der Waals surface area contributed by atoms with Gasteiger partial charge in [-0.3, -0.25) is 19.6 Å². The molecule has 0 rings (SSSR count). The fourth-order valence-electron chi connectivity index (χ4n) is 1.72. The second-order valence-corrected chi connectivity index (χ2v) is 5.57. The van der Waals surface area contributed by atoms with E-state index < -0.39 is 48.4 Å². The van der Waals surface area contributed by atoms with Gasteiger partial charge < -0.3 is 48.1 Å². The van der Waals surface area contributed by atoms with Gasteiger partial charge in [0.05, 0.1) is 12.8 Å². The molecule has 0 saturated heterocycles. The topological polar surface area (TPSA) is 284 Å². The summed E-state index contributed by atoms with van der Waals surface area (Å²) in [6, 6.07) is -0.780. The fraction of sp³-hybridized carbons (Fsp3) is 0.571. The number of rotatable bonds is 11. The quantitative estimate of drug-likeness (QED) is 0.0900. The van der Waals surface area contributed by atoms with E-state index in [1.54, 1.807) is 0 Å². The van der Waals surface area contributed by atoms with Crippen LogP contribution in [0.5, 0.6) is 0 Å². The van der Waals surface area contributed by atoms with Crippen LogP contribution in [0.1, 0.15) is 25.7 Å². The number of guanidine groups is 2. The zero-order chi connectivity index (χ0) is 23.2. The molecule has 0 fully saturated rings. The SMILES string of the molecule is CN=C(N)N[C@@H](CCCN=C(N)N)C(=O)O.O=C(O)CC(O)(CC(=O)O)C(=O)O. The van der Waals surface area contributed by atoms with Crippen LogP contribution in [0.15, 0.2) is 9.98 Å². The lowest BCUT2D eigenvalue weighted by atomic mass is 9.96. The highest BCUT2D eigenvalue weighted by Crippen LogP contribution is 2.15. The van der Waals surface area contributed by atoms with E-state index >= 15 is 0 Å². The number of carboxylic acid groups (broad SMARTS) is 4. The van der Waals surface area contributed by atoms with E-state index in [4.69, 9.17) is 42.7 Å². The van der Waals surface area contributed by atoms with Crippen LogP contribution in [0.4, 0.5) is 0 Å². The molecule has 0 spiro atoms. The molecule has 0 aromatic rings. The second kappa shape index (κ2) is 13.5. The van der Waals surface area contributed by atoms with Crippen LogP contribution in [0.3, 0.4) is 0 Å². The summed E-state index contributed by atoms with van der Waals surface area (Å²) in [7, 11) is 1.47. The van der Waals surface area contributed by atoms with Crippen molar-refractivity contribution in [1.29, 1.82) is 0 Å². The Labute approximate surface area is 164 Å². The summed E-state index contributed by atoms with van der Waals surface area (Å²) in [6.07, 6.45) is -1.38. The van der Waals surface area contributed by atoms with E-state index in [-0.39, 0.29) is 11.9 Å². The zero-order valence-electron chi connectivity index (χ0n) is 15.6. The zero-order valence-corrected chi connectivity index (χ0v) is 15.6. The highest BCUT2D eigenvalue weighted by molar-refractivity contribution is 5.88. The van der Waals surface area contributed by atoms with Crippen LogP contribution < -0.4 is 22.5 Å². The molecule has 0 aliphatic heterocycles.